The van der Waals surface area contributed by atoms with Crippen LogP contribution in [-0.2, 0) is 21.3 Å². The molecule has 0 aliphatic carbocycles. The van der Waals surface area contributed by atoms with Crippen molar-refractivity contribution in [3.05, 3.63) is 53.5 Å². The second kappa shape index (κ2) is 7.92. The third kappa shape index (κ3) is 4.55. The number of thiazole rings is 1. The maximum atomic E-state index is 12.4. The molecule has 8 heteroatoms. The summed E-state index contributed by atoms with van der Waals surface area (Å²) < 4.78 is 38.7. The number of aromatic nitrogens is 1. The molecular formula is C17H18N2O4S2. The lowest BCUT2D eigenvalue weighted by atomic mass is 10.3. The molecule has 0 unspecified atom stereocenters. The maximum Gasteiger partial charge on any atom is 0.240 e. The van der Waals surface area contributed by atoms with Gasteiger partial charge in [-0.1, -0.05) is 12.1 Å². The number of sulfonamides is 1. The molecule has 2 aromatic carbocycles. The molecule has 1 N–H and O–H groups in total. The molecule has 3 rings (SSSR count). The lowest BCUT2D eigenvalue weighted by molar-refractivity contribution is 0.146. The van der Waals surface area contributed by atoms with Crippen LogP contribution < -0.4 is 9.46 Å². The highest BCUT2D eigenvalue weighted by Gasteiger charge is 2.15. The van der Waals surface area contributed by atoms with E-state index in [1.165, 1.54) is 23.5 Å². The summed E-state index contributed by atoms with van der Waals surface area (Å²) in [5, 5.41) is 0.726. The lowest BCUT2D eigenvalue weighted by Crippen LogP contribution is -2.23. The molecule has 1 heterocycles. The normalized spacial score (nSPS) is 11.7. The molecule has 0 radical (unpaired) electrons. The Morgan fingerprint density at radius 1 is 1.08 bits per heavy atom. The van der Waals surface area contributed by atoms with Crippen molar-refractivity contribution in [2.75, 3.05) is 20.3 Å². The van der Waals surface area contributed by atoms with Gasteiger partial charge in [0.25, 0.3) is 0 Å². The predicted octanol–water partition coefficient (Wildman–Crippen LogP) is 2.80. The van der Waals surface area contributed by atoms with Gasteiger partial charge < -0.3 is 9.47 Å². The molecular weight excluding hydrogens is 360 g/mol. The van der Waals surface area contributed by atoms with E-state index in [1.807, 2.05) is 24.3 Å². The van der Waals surface area contributed by atoms with Crippen molar-refractivity contribution in [1.82, 2.24) is 9.71 Å². The minimum Gasteiger partial charge on any atom is -0.491 e. The molecule has 0 fully saturated rings. The van der Waals surface area contributed by atoms with Crippen LogP contribution in [0.1, 0.15) is 5.01 Å². The van der Waals surface area contributed by atoms with Crippen molar-refractivity contribution >= 4 is 31.6 Å². The smallest absolute Gasteiger partial charge is 0.240 e. The Kier molecular flexibility index (Phi) is 5.64. The minimum atomic E-state index is -3.60. The number of fused-ring (bicyclic) bond motifs is 1. The van der Waals surface area contributed by atoms with Gasteiger partial charge in [0.05, 0.1) is 28.3 Å². The van der Waals surface area contributed by atoms with Crippen LogP contribution in [-0.4, -0.2) is 33.7 Å². The largest absolute Gasteiger partial charge is 0.491 e. The van der Waals surface area contributed by atoms with Crippen LogP contribution in [0.25, 0.3) is 10.2 Å². The Labute approximate surface area is 150 Å². The highest BCUT2D eigenvalue weighted by Crippen LogP contribution is 2.22. The van der Waals surface area contributed by atoms with Crippen LogP contribution >= 0.6 is 11.3 Å². The molecule has 0 aliphatic heterocycles. The Morgan fingerprint density at radius 2 is 1.84 bits per heavy atom. The van der Waals surface area contributed by atoms with Gasteiger partial charge >= 0.3 is 0 Å². The number of ether oxygens (including phenoxy) is 2. The van der Waals surface area contributed by atoms with Gasteiger partial charge in [0.1, 0.15) is 17.4 Å². The van der Waals surface area contributed by atoms with Crippen molar-refractivity contribution in [3.8, 4) is 5.75 Å². The number of hydrogen-bond donors (Lipinski definition) is 1. The topological polar surface area (TPSA) is 77.5 Å². The van der Waals surface area contributed by atoms with Crippen LogP contribution in [0.5, 0.6) is 5.75 Å². The van der Waals surface area contributed by atoms with Crippen LogP contribution in [0.3, 0.4) is 0 Å². The second-order valence-electron chi connectivity index (χ2n) is 5.21. The van der Waals surface area contributed by atoms with Crippen molar-refractivity contribution < 1.29 is 17.9 Å². The average Bonchev–Trinajstić information content (AvgIpc) is 3.04. The summed E-state index contributed by atoms with van der Waals surface area (Å²) in [5.41, 5.74) is 0.874. The zero-order valence-electron chi connectivity index (χ0n) is 13.6. The maximum absolute atomic E-state index is 12.4. The summed E-state index contributed by atoms with van der Waals surface area (Å²) in [7, 11) is -2.01. The number of benzene rings is 2. The van der Waals surface area contributed by atoms with E-state index < -0.39 is 10.0 Å². The van der Waals surface area contributed by atoms with E-state index in [0.29, 0.717) is 19.0 Å². The van der Waals surface area contributed by atoms with Gasteiger partial charge in [-0.15, -0.1) is 11.3 Å². The zero-order chi connectivity index (χ0) is 17.7. The summed E-state index contributed by atoms with van der Waals surface area (Å²) in [6, 6.07) is 14.0. The molecule has 0 saturated carbocycles. The lowest BCUT2D eigenvalue weighted by Gasteiger charge is -2.08. The number of hydrogen-bond acceptors (Lipinski definition) is 6. The van der Waals surface area contributed by atoms with E-state index in [9.17, 15) is 8.42 Å². The summed E-state index contributed by atoms with van der Waals surface area (Å²) in [5.74, 6) is 0.599. The molecule has 25 heavy (non-hydrogen) atoms. The van der Waals surface area contributed by atoms with Crippen LogP contribution in [0.2, 0.25) is 0 Å². The molecule has 0 aliphatic rings. The fourth-order valence-electron chi connectivity index (χ4n) is 2.19. The Hall–Kier alpha value is -2.00. The van der Waals surface area contributed by atoms with E-state index in [0.717, 1.165) is 15.2 Å². The second-order valence-corrected chi connectivity index (χ2v) is 8.09. The fraction of sp³-hybridized carbons (Fsp3) is 0.235. The SMILES string of the molecule is COCCOc1ccc(S(=O)(=O)NCc2nc3ccccc3s2)cc1. The first kappa shape index (κ1) is 17.8. The molecule has 3 aromatic rings. The van der Waals surface area contributed by atoms with E-state index in [-0.39, 0.29) is 11.4 Å². The number of para-hydroxylation sites is 1. The third-order valence-electron chi connectivity index (χ3n) is 3.44. The fourth-order valence-corrected chi connectivity index (χ4v) is 4.18. The molecule has 6 nitrogen and oxygen atoms in total. The van der Waals surface area contributed by atoms with E-state index >= 15 is 0 Å². The molecule has 0 spiro atoms. The van der Waals surface area contributed by atoms with Gasteiger partial charge in [-0.05, 0) is 36.4 Å². The van der Waals surface area contributed by atoms with Crippen LogP contribution in [0.4, 0.5) is 0 Å². The molecule has 0 bridgehead atoms. The summed E-state index contributed by atoms with van der Waals surface area (Å²) in [6.07, 6.45) is 0. The molecule has 0 atom stereocenters. The molecule has 1 aromatic heterocycles. The molecule has 0 amide bonds. The van der Waals surface area contributed by atoms with Gasteiger partial charge in [-0.3, -0.25) is 0 Å². The van der Waals surface area contributed by atoms with E-state index in [1.54, 1.807) is 19.2 Å². The standard InChI is InChI=1S/C17H18N2O4S2/c1-22-10-11-23-13-6-8-14(9-7-13)25(20,21)18-12-17-19-15-4-2-3-5-16(15)24-17/h2-9,18H,10-12H2,1H3. The zero-order valence-corrected chi connectivity index (χ0v) is 15.3. The van der Waals surface area contributed by atoms with Crippen molar-refractivity contribution in [2.24, 2.45) is 0 Å². The van der Waals surface area contributed by atoms with Gasteiger partial charge in [0, 0.05) is 7.11 Å². The van der Waals surface area contributed by atoms with Crippen LogP contribution in [0, 0.1) is 0 Å². The first-order valence-corrected chi connectivity index (χ1v) is 9.94. The summed E-state index contributed by atoms with van der Waals surface area (Å²) in [6.45, 7) is 1.05. The number of rotatable bonds is 8. The molecule has 0 saturated heterocycles. The van der Waals surface area contributed by atoms with E-state index in [4.69, 9.17) is 9.47 Å². The quantitative estimate of drug-likeness (QED) is 0.610. The van der Waals surface area contributed by atoms with Crippen molar-refractivity contribution in [3.63, 3.8) is 0 Å². The number of methoxy groups -OCH3 is 1. The third-order valence-corrected chi connectivity index (χ3v) is 5.90. The summed E-state index contributed by atoms with van der Waals surface area (Å²) in [4.78, 5) is 4.61. The predicted molar refractivity (Wildman–Crippen MR) is 97.5 cm³/mol. The average molecular weight is 378 g/mol. The van der Waals surface area contributed by atoms with Gasteiger partial charge in [-0.2, -0.15) is 0 Å². The van der Waals surface area contributed by atoms with Crippen LogP contribution in [0.15, 0.2) is 53.4 Å². The minimum absolute atomic E-state index is 0.160. The Morgan fingerprint density at radius 3 is 2.56 bits per heavy atom. The Bertz CT molecular complexity index is 904. The van der Waals surface area contributed by atoms with Crippen molar-refractivity contribution in [2.45, 2.75) is 11.4 Å². The summed E-state index contributed by atoms with van der Waals surface area (Å²) >= 11 is 1.48. The highest BCUT2D eigenvalue weighted by molar-refractivity contribution is 7.89. The van der Waals surface area contributed by atoms with Gasteiger partial charge in [0.15, 0.2) is 0 Å². The first-order valence-electron chi connectivity index (χ1n) is 7.64. The number of nitrogens with one attached hydrogen (secondary N) is 1. The van der Waals surface area contributed by atoms with Gasteiger partial charge in [-0.25, -0.2) is 18.1 Å². The molecule has 132 valence electrons. The van der Waals surface area contributed by atoms with Crippen molar-refractivity contribution in [1.29, 1.82) is 0 Å². The monoisotopic (exact) mass is 378 g/mol. The van der Waals surface area contributed by atoms with Gasteiger partial charge in [0.2, 0.25) is 10.0 Å². The first-order chi connectivity index (χ1) is 12.1. The number of nitrogens with zero attached hydrogens (tertiary/aromatic N) is 1. The Balaban J connectivity index is 1.64. The van der Waals surface area contributed by atoms with E-state index in [2.05, 4.69) is 9.71 Å². The highest BCUT2D eigenvalue weighted by atomic mass is 32.2.